The molecular formula is C20H25FN4O4S. The molecule has 0 bridgehead atoms. The predicted octanol–water partition coefficient (Wildman–Crippen LogP) is 3.39. The van der Waals surface area contributed by atoms with E-state index in [1.807, 2.05) is 19.9 Å². The Hall–Kier alpha value is -2.62. The van der Waals surface area contributed by atoms with E-state index in [1.54, 1.807) is 0 Å². The molecule has 10 heteroatoms. The molecule has 1 saturated carbocycles. The molecule has 0 unspecified atom stereocenters. The van der Waals surface area contributed by atoms with Crippen molar-refractivity contribution in [2.45, 2.75) is 62.5 Å². The lowest BCUT2D eigenvalue weighted by atomic mass is 10.0. The number of hydrogen-bond donors (Lipinski definition) is 3. The lowest BCUT2D eigenvalue weighted by Gasteiger charge is -2.14. The molecule has 4 rings (SSSR count). The number of amides is 1. The van der Waals surface area contributed by atoms with Crippen molar-refractivity contribution in [3.8, 4) is 0 Å². The molecule has 1 aliphatic carbocycles. The van der Waals surface area contributed by atoms with Crippen LogP contribution in [-0.4, -0.2) is 42.6 Å². The fourth-order valence-corrected chi connectivity index (χ4v) is 5.60. The van der Waals surface area contributed by atoms with Gasteiger partial charge in [-0.15, -0.1) is 0 Å². The Morgan fingerprint density at radius 1 is 1.33 bits per heavy atom. The van der Waals surface area contributed by atoms with E-state index in [0.717, 1.165) is 18.5 Å². The molecule has 8 nitrogen and oxygen atoms in total. The Labute approximate surface area is 174 Å². The molecule has 1 amide bonds. The summed E-state index contributed by atoms with van der Waals surface area (Å²) in [5.41, 5.74) is 1.31. The largest absolute Gasteiger partial charge is 0.446 e. The Bertz CT molecular complexity index is 1070. The highest BCUT2D eigenvalue weighted by molar-refractivity contribution is 7.91. The minimum atomic E-state index is -3.38. The summed E-state index contributed by atoms with van der Waals surface area (Å²) < 4.78 is 44.1. The van der Waals surface area contributed by atoms with Crippen LogP contribution in [0.5, 0.6) is 0 Å². The normalized spacial score (nSPS) is 22.1. The Kier molecular flexibility index (Phi) is 5.44. The number of ether oxygens (including phenoxy) is 1. The highest BCUT2D eigenvalue weighted by Gasteiger charge is 2.31. The van der Waals surface area contributed by atoms with Gasteiger partial charge in [-0.3, -0.25) is 5.10 Å². The lowest BCUT2D eigenvalue weighted by Crippen LogP contribution is -2.33. The third-order valence-electron chi connectivity index (χ3n) is 5.52. The lowest BCUT2D eigenvalue weighted by molar-refractivity contribution is 0.0981. The van der Waals surface area contributed by atoms with Gasteiger partial charge in [0.2, 0.25) is 0 Å². The minimum Gasteiger partial charge on any atom is -0.446 e. The maximum atomic E-state index is 14.8. The molecule has 3 N–H and O–H groups in total. The first-order valence-corrected chi connectivity index (χ1v) is 11.7. The monoisotopic (exact) mass is 436 g/mol. The Balaban J connectivity index is 1.41. The second-order valence-electron chi connectivity index (χ2n) is 8.14. The van der Waals surface area contributed by atoms with Crippen molar-refractivity contribution >= 4 is 27.4 Å². The highest BCUT2D eigenvalue weighted by Crippen LogP contribution is 2.37. The summed E-state index contributed by atoms with van der Waals surface area (Å²) in [5, 5.41) is 12.8. The first-order chi connectivity index (χ1) is 14.2. The quantitative estimate of drug-likeness (QED) is 0.662. The fraction of sp³-hybridized carbons (Fsp3) is 0.500. The number of nitrogens with one attached hydrogen (secondary N) is 3. The fourth-order valence-electron chi connectivity index (χ4n) is 4.07. The molecule has 162 valence electrons. The van der Waals surface area contributed by atoms with E-state index in [9.17, 15) is 17.6 Å². The Morgan fingerprint density at radius 2 is 2.13 bits per heavy atom. The number of halogens is 1. The molecule has 1 aromatic carbocycles. The molecular weight excluding hydrogens is 411 g/mol. The molecule has 2 aliphatic rings. The summed E-state index contributed by atoms with van der Waals surface area (Å²) in [6.07, 6.45) is 1.94. The molecule has 2 aromatic rings. The van der Waals surface area contributed by atoms with E-state index in [0.29, 0.717) is 12.2 Å². The number of carbonyl (C=O) groups is 1. The second kappa shape index (κ2) is 7.90. The molecule has 2 heterocycles. The summed E-state index contributed by atoms with van der Waals surface area (Å²) >= 11 is 0. The average Bonchev–Trinajstić information content (AvgIpc) is 3.36. The molecule has 0 radical (unpaired) electrons. The summed E-state index contributed by atoms with van der Waals surface area (Å²) in [6.45, 7) is 3.75. The van der Waals surface area contributed by atoms with E-state index >= 15 is 0 Å². The van der Waals surface area contributed by atoms with Crippen LogP contribution in [0.2, 0.25) is 0 Å². The molecule has 1 fully saturated rings. The van der Waals surface area contributed by atoms with Gasteiger partial charge in [0.05, 0.1) is 16.3 Å². The van der Waals surface area contributed by atoms with E-state index < -0.39 is 21.7 Å². The van der Waals surface area contributed by atoms with E-state index in [-0.39, 0.29) is 46.4 Å². The molecule has 30 heavy (non-hydrogen) atoms. The van der Waals surface area contributed by atoms with Gasteiger partial charge < -0.3 is 15.4 Å². The van der Waals surface area contributed by atoms with Crippen LogP contribution in [-0.2, 0) is 21.0 Å². The van der Waals surface area contributed by atoms with E-state index in [2.05, 4.69) is 20.8 Å². The van der Waals surface area contributed by atoms with Crippen LogP contribution in [0.3, 0.4) is 0 Å². The number of hydrogen-bond acceptors (Lipinski definition) is 6. The number of sulfone groups is 1. The van der Waals surface area contributed by atoms with Crippen molar-refractivity contribution in [2.75, 3.05) is 11.1 Å². The van der Waals surface area contributed by atoms with Crippen LogP contribution in [0, 0.1) is 5.82 Å². The zero-order valence-electron chi connectivity index (χ0n) is 16.9. The van der Waals surface area contributed by atoms with Gasteiger partial charge in [0.15, 0.2) is 21.5 Å². The van der Waals surface area contributed by atoms with Crippen molar-refractivity contribution in [3.05, 3.63) is 35.3 Å². The van der Waals surface area contributed by atoms with Gasteiger partial charge >= 0.3 is 6.09 Å². The van der Waals surface area contributed by atoms with Crippen LogP contribution in [0.25, 0.3) is 0 Å². The maximum absolute atomic E-state index is 14.8. The first-order valence-electron chi connectivity index (χ1n) is 10.1. The molecule has 1 aliphatic heterocycles. The van der Waals surface area contributed by atoms with Gasteiger partial charge in [0.25, 0.3) is 0 Å². The van der Waals surface area contributed by atoms with Crippen LogP contribution >= 0.6 is 0 Å². The van der Waals surface area contributed by atoms with Gasteiger partial charge in [-0.2, -0.15) is 5.10 Å². The van der Waals surface area contributed by atoms with Gasteiger partial charge in [-0.25, -0.2) is 17.6 Å². The number of aromatic nitrogens is 2. The topological polar surface area (TPSA) is 113 Å². The number of nitrogens with zero attached hydrogens (tertiary/aromatic N) is 1. The van der Waals surface area contributed by atoms with Gasteiger partial charge in [-0.05, 0) is 51.7 Å². The molecule has 1 aromatic heterocycles. The zero-order chi connectivity index (χ0) is 21.5. The Morgan fingerprint density at radius 3 is 2.90 bits per heavy atom. The van der Waals surface area contributed by atoms with Crippen molar-refractivity contribution in [3.63, 3.8) is 0 Å². The van der Waals surface area contributed by atoms with Crippen molar-refractivity contribution in [1.82, 2.24) is 15.5 Å². The number of fused-ring (bicyclic) bond motifs is 1. The summed E-state index contributed by atoms with van der Waals surface area (Å²) in [4.78, 5) is 11.9. The van der Waals surface area contributed by atoms with Crippen molar-refractivity contribution < 1.29 is 22.3 Å². The summed E-state index contributed by atoms with van der Waals surface area (Å²) in [6, 6.07) is 4.70. The number of alkyl carbamates (subject to hydrolysis) is 1. The van der Waals surface area contributed by atoms with Gasteiger partial charge in [0, 0.05) is 29.3 Å². The third-order valence-corrected chi connectivity index (χ3v) is 7.32. The number of H-pyrrole nitrogens is 1. The third kappa shape index (κ3) is 4.14. The highest BCUT2D eigenvalue weighted by atomic mass is 32.2. The standard InChI is InChI=1S/C20H25FN4O4S/c1-11(2)22-20(26)29-13-4-3-12(9-13)16-10-18(25-24-16)23-15-5-6-17-14(19(15)21)7-8-30(17,27)28/h5-6,10-13H,3-4,7-9H2,1-2H3,(H,22,26)(H2,23,24,25)/t12-,13+/m1/s1. The summed E-state index contributed by atoms with van der Waals surface area (Å²) in [5.74, 6) is 0.00481. The number of rotatable bonds is 5. The maximum Gasteiger partial charge on any atom is 0.407 e. The first kappa shape index (κ1) is 20.6. The SMILES string of the molecule is CC(C)NC(=O)O[C@H]1CC[C@@H](c2cc(Nc3ccc4c(c3F)CCS4(=O)=O)n[nH]2)C1. The number of aromatic amines is 1. The van der Waals surface area contributed by atoms with Gasteiger partial charge in [-0.1, -0.05) is 0 Å². The van der Waals surface area contributed by atoms with Crippen molar-refractivity contribution in [2.24, 2.45) is 0 Å². The minimum absolute atomic E-state index is 0.0238. The van der Waals surface area contributed by atoms with Crippen molar-refractivity contribution in [1.29, 1.82) is 0 Å². The van der Waals surface area contributed by atoms with Crippen LogP contribution in [0.1, 0.15) is 50.3 Å². The van der Waals surface area contributed by atoms with E-state index in [4.69, 9.17) is 4.74 Å². The van der Waals surface area contributed by atoms with Crippen LogP contribution in [0.4, 0.5) is 20.7 Å². The smallest absolute Gasteiger partial charge is 0.407 e. The number of benzene rings is 1. The zero-order valence-corrected chi connectivity index (χ0v) is 17.7. The predicted molar refractivity (Wildman–Crippen MR) is 109 cm³/mol. The molecule has 0 spiro atoms. The van der Waals surface area contributed by atoms with Gasteiger partial charge in [0.1, 0.15) is 6.10 Å². The van der Waals surface area contributed by atoms with Crippen LogP contribution < -0.4 is 10.6 Å². The van der Waals surface area contributed by atoms with E-state index in [1.165, 1.54) is 12.1 Å². The molecule has 0 saturated heterocycles. The molecule has 2 atom stereocenters. The second-order valence-corrected chi connectivity index (χ2v) is 10.2. The van der Waals surface area contributed by atoms with Crippen LogP contribution in [0.15, 0.2) is 23.1 Å². The number of carbonyl (C=O) groups excluding carboxylic acids is 1. The summed E-state index contributed by atoms with van der Waals surface area (Å²) in [7, 11) is -3.38. The average molecular weight is 437 g/mol. The number of anilines is 2.